The molecule has 2 heterocycles. The average Bonchev–Trinajstić information content (AvgIpc) is 2.59. The number of aryl methyl sites for hydroxylation is 1. The maximum Gasteiger partial charge on any atom is 0.257 e. The Morgan fingerprint density at radius 1 is 1.50 bits per heavy atom. The fourth-order valence-electron chi connectivity index (χ4n) is 1.42. The Labute approximate surface area is 80.0 Å². The molecule has 2 aromatic heterocycles. The normalized spacial score (nSPS) is 10.9. The Morgan fingerprint density at radius 2 is 2.36 bits per heavy atom. The van der Waals surface area contributed by atoms with Crippen molar-refractivity contribution in [1.29, 1.82) is 0 Å². The molecule has 2 aromatic rings. The van der Waals surface area contributed by atoms with Gasteiger partial charge in [-0.25, -0.2) is 4.40 Å². The van der Waals surface area contributed by atoms with Crippen molar-refractivity contribution in [2.24, 2.45) is 0 Å². The predicted octanol–water partition coefficient (Wildman–Crippen LogP) is -0.0525. The Balaban J connectivity index is 2.50. The summed E-state index contributed by atoms with van der Waals surface area (Å²) >= 11 is 0. The summed E-state index contributed by atoms with van der Waals surface area (Å²) in [4.78, 5) is 11.5. The maximum absolute atomic E-state index is 11.5. The van der Waals surface area contributed by atoms with Crippen LogP contribution < -0.4 is 5.56 Å². The Kier molecular flexibility index (Phi) is 2.32. The van der Waals surface area contributed by atoms with Crippen molar-refractivity contribution in [1.82, 2.24) is 14.6 Å². The number of hydrogen-bond acceptors (Lipinski definition) is 3. The van der Waals surface area contributed by atoms with Crippen LogP contribution in [-0.2, 0) is 6.42 Å². The lowest BCUT2D eigenvalue weighted by Crippen LogP contribution is -2.13. The molecule has 0 aromatic carbocycles. The molecule has 0 saturated heterocycles. The van der Waals surface area contributed by atoms with Crippen LogP contribution in [0.1, 0.15) is 12.2 Å². The molecular weight excluding hydrogens is 182 g/mol. The molecule has 0 unspecified atom stereocenters. The van der Waals surface area contributed by atoms with Gasteiger partial charge in [-0.05, 0) is 12.5 Å². The summed E-state index contributed by atoms with van der Waals surface area (Å²) in [6.07, 6.45) is 1.21. The third-order valence-corrected chi connectivity index (χ3v) is 2.07. The van der Waals surface area contributed by atoms with Gasteiger partial charge in [-0.2, -0.15) is 5.10 Å². The molecule has 0 spiro atoms. The van der Waals surface area contributed by atoms with E-state index in [4.69, 9.17) is 5.11 Å². The van der Waals surface area contributed by atoms with E-state index in [1.807, 2.05) is 0 Å². The first-order valence-corrected chi connectivity index (χ1v) is 4.49. The minimum absolute atomic E-state index is 0.0933. The maximum atomic E-state index is 11.5. The average molecular weight is 193 g/mol. The van der Waals surface area contributed by atoms with Crippen LogP contribution >= 0.6 is 0 Å². The van der Waals surface area contributed by atoms with Crippen LogP contribution in [0.2, 0.25) is 0 Å². The highest BCUT2D eigenvalue weighted by molar-refractivity contribution is 5.36. The summed E-state index contributed by atoms with van der Waals surface area (Å²) in [5.41, 5.74) is 0.592. The fraction of sp³-hybridized carbons (Fsp3) is 0.333. The number of aliphatic hydroxyl groups excluding tert-OH is 1. The number of nitrogens with one attached hydrogen (secondary N) is 1. The number of rotatable bonds is 3. The van der Waals surface area contributed by atoms with E-state index in [1.165, 1.54) is 10.5 Å². The van der Waals surface area contributed by atoms with Crippen molar-refractivity contribution in [3.63, 3.8) is 0 Å². The third kappa shape index (κ3) is 1.42. The zero-order chi connectivity index (χ0) is 9.97. The zero-order valence-corrected chi connectivity index (χ0v) is 7.60. The third-order valence-electron chi connectivity index (χ3n) is 2.07. The monoisotopic (exact) mass is 193 g/mol. The molecule has 0 atom stereocenters. The van der Waals surface area contributed by atoms with E-state index in [2.05, 4.69) is 10.2 Å². The number of hydrogen-bond donors (Lipinski definition) is 2. The van der Waals surface area contributed by atoms with E-state index in [1.54, 1.807) is 12.1 Å². The van der Waals surface area contributed by atoms with Crippen LogP contribution in [0, 0.1) is 0 Å². The summed E-state index contributed by atoms with van der Waals surface area (Å²) < 4.78 is 1.52. The van der Waals surface area contributed by atoms with Gasteiger partial charge in [-0.1, -0.05) is 6.07 Å². The van der Waals surface area contributed by atoms with Gasteiger partial charge in [0.15, 0.2) is 0 Å². The quantitative estimate of drug-likeness (QED) is 0.717. The number of nitrogens with zero attached hydrogens (tertiary/aromatic N) is 2. The molecule has 0 aliphatic rings. The summed E-state index contributed by atoms with van der Waals surface area (Å²) in [5.74, 6) is 0.666. The Morgan fingerprint density at radius 3 is 3.14 bits per heavy atom. The Hall–Kier alpha value is -1.62. The first-order valence-electron chi connectivity index (χ1n) is 4.49. The second kappa shape index (κ2) is 3.63. The van der Waals surface area contributed by atoms with Gasteiger partial charge in [-0.3, -0.25) is 9.89 Å². The minimum atomic E-state index is -0.0933. The molecule has 0 radical (unpaired) electrons. The van der Waals surface area contributed by atoms with Crippen LogP contribution in [0.15, 0.2) is 23.0 Å². The highest BCUT2D eigenvalue weighted by Crippen LogP contribution is 2.01. The highest BCUT2D eigenvalue weighted by Gasteiger charge is 2.04. The number of aliphatic hydroxyl groups is 1. The van der Waals surface area contributed by atoms with Crippen LogP contribution in [0.5, 0.6) is 0 Å². The van der Waals surface area contributed by atoms with Gasteiger partial charge in [0.25, 0.3) is 5.56 Å². The number of H-pyrrole nitrogens is 1. The van der Waals surface area contributed by atoms with E-state index < -0.39 is 0 Å². The van der Waals surface area contributed by atoms with E-state index in [9.17, 15) is 4.79 Å². The van der Waals surface area contributed by atoms with Crippen molar-refractivity contribution >= 4 is 5.65 Å². The molecule has 0 aliphatic heterocycles. The van der Waals surface area contributed by atoms with Crippen molar-refractivity contribution < 1.29 is 5.11 Å². The molecule has 74 valence electrons. The van der Waals surface area contributed by atoms with Gasteiger partial charge < -0.3 is 5.11 Å². The standard InChI is InChI=1S/C9H11N3O2/c13-6-2-4-8-11-10-7-3-1-5-9(14)12(7)8/h1,3,5,10,13H,2,4,6H2. The SMILES string of the molecule is O=c1cccc2[nH]nc(CCCO)n12. The summed E-state index contributed by atoms with van der Waals surface area (Å²) in [5, 5.41) is 15.5. The summed E-state index contributed by atoms with van der Waals surface area (Å²) in [7, 11) is 0. The van der Waals surface area contributed by atoms with Crippen molar-refractivity contribution in [3.05, 3.63) is 34.4 Å². The largest absolute Gasteiger partial charge is 0.396 e. The molecular formula is C9H11N3O2. The van der Waals surface area contributed by atoms with Gasteiger partial charge in [0.1, 0.15) is 11.5 Å². The highest BCUT2D eigenvalue weighted by atomic mass is 16.2. The van der Waals surface area contributed by atoms with Crippen LogP contribution in [0.4, 0.5) is 0 Å². The Bertz CT molecular complexity index is 486. The van der Waals surface area contributed by atoms with E-state index in [0.717, 1.165) is 0 Å². The molecule has 2 rings (SSSR count). The van der Waals surface area contributed by atoms with Crippen molar-refractivity contribution in [3.8, 4) is 0 Å². The van der Waals surface area contributed by atoms with Crippen LogP contribution in [0.25, 0.3) is 5.65 Å². The summed E-state index contributed by atoms with van der Waals surface area (Å²) in [6.45, 7) is 0.107. The number of fused-ring (bicyclic) bond motifs is 1. The van der Waals surface area contributed by atoms with Gasteiger partial charge in [0, 0.05) is 19.1 Å². The molecule has 0 saturated carbocycles. The van der Waals surface area contributed by atoms with Crippen molar-refractivity contribution in [2.45, 2.75) is 12.8 Å². The van der Waals surface area contributed by atoms with E-state index in [-0.39, 0.29) is 12.2 Å². The number of pyridine rings is 1. The molecule has 5 nitrogen and oxygen atoms in total. The van der Waals surface area contributed by atoms with Crippen LogP contribution in [-0.4, -0.2) is 26.3 Å². The number of aromatic amines is 1. The fourth-order valence-corrected chi connectivity index (χ4v) is 1.42. The second-order valence-corrected chi connectivity index (χ2v) is 3.05. The second-order valence-electron chi connectivity index (χ2n) is 3.05. The molecule has 0 amide bonds. The predicted molar refractivity (Wildman–Crippen MR) is 51.2 cm³/mol. The number of aromatic nitrogens is 3. The first-order chi connectivity index (χ1) is 6.83. The summed E-state index contributed by atoms with van der Waals surface area (Å²) in [6, 6.07) is 4.97. The molecule has 0 aliphatic carbocycles. The smallest absolute Gasteiger partial charge is 0.257 e. The lowest BCUT2D eigenvalue weighted by molar-refractivity contribution is 0.287. The van der Waals surface area contributed by atoms with Crippen LogP contribution in [0.3, 0.4) is 0 Å². The first kappa shape index (κ1) is 8.96. The van der Waals surface area contributed by atoms with E-state index >= 15 is 0 Å². The van der Waals surface area contributed by atoms with Gasteiger partial charge >= 0.3 is 0 Å². The molecule has 0 fully saturated rings. The lowest BCUT2D eigenvalue weighted by Gasteiger charge is -1.96. The molecule has 14 heavy (non-hydrogen) atoms. The van der Waals surface area contributed by atoms with Gasteiger partial charge in [0.2, 0.25) is 0 Å². The molecule has 0 bridgehead atoms. The lowest BCUT2D eigenvalue weighted by atomic mass is 10.3. The van der Waals surface area contributed by atoms with E-state index in [0.29, 0.717) is 24.3 Å². The minimum Gasteiger partial charge on any atom is -0.396 e. The zero-order valence-electron chi connectivity index (χ0n) is 7.60. The van der Waals surface area contributed by atoms with Crippen molar-refractivity contribution in [2.75, 3.05) is 6.61 Å². The van der Waals surface area contributed by atoms with Gasteiger partial charge in [0.05, 0.1) is 0 Å². The molecule has 5 heteroatoms. The molecule has 2 N–H and O–H groups in total. The van der Waals surface area contributed by atoms with Gasteiger partial charge in [-0.15, -0.1) is 0 Å². The topological polar surface area (TPSA) is 70.4 Å².